The number of carboxylic acid groups (broad SMARTS) is 1. The van der Waals surface area contributed by atoms with Crippen molar-refractivity contribution < 1.29 is 23.8 Å². The fraction of sp³-hybridized carbons (Fsp3) is 0.286. The van der Waals surface area contributed by atoms with Gasteiger partial charge in [-0.25, -0.2) is 14.2 Å². The number of anilines is 2. The molecule has 0 bridgehead atoms. The lowest BCUT2D eigenvalue weighted by molar-refractivity contribution is 0.104. The van der Waals surface area contributed by atoms with Crippen molar-refractivity contribution in [1.82, 2.24) is 14.8 Å². The van der Waals surface area contributed by atoms with E-state index in [4.69, 9.17) is 20.3 Å². The fourth-order valence-electron chi connectivity index (χ4n) is 3.31. The zero-order valence-electron chi connectivity index (χ0n) is 16.8. The number of aromatic nitrogens is 3. The molecule has 0 unspecified atom stereocenters. The van der Waals surface area contributed by atoms with Gasteiger partial charge in [0, 0.05) is 17.8 Å². The second kappa shape index (κ2) is 8.60. The zero-order chi connectivity index (χ0) is 22.0. The summed E-state index contributed by atoms with van der Waals surface area (Å²) in [5, 5.41) is 15.4. The standard InChI is InChI=1S/C21H22FN5O4/c1-30-20-16(18-4-5-27(26-18)15-2-3-15)6-12(7-17(20)23)10-31-11-14-8-13(22)9-19(24-14)25-21(28)29/h4-9,15H,2-3,10-11,23H2,1H3,(H,24,25)(H,28,29). The van der Waals surface area contributed by atoms with Crippen LogP contribution in [0.2, 0.25) is 0 Å². The van der Waals surface area contributed by atoms with Crippen molar-refractivity contribution in [2.45, 2.75) is 32.1 Å². The Hall–Kier alpha value is -3.66. The molecular formula is C21H22FN5O4. The molecule has 1 aliphatic carbocycles. The number of rotatable bonds is 8. The number of methoxy groups -OCH3 is 1. The topological polar surface area (TPSA) is 125 Å². The third-order valence-corrected chi connectivity index (χ3v) is 4.78. The molecule has 4 rings (SSSR count). The van der Waals surface area contributed by atoms with Crippen molar-refractivity contribution in [1.29, 1.82) is 0 Å². The minimum Gasteiger partial charge on any atom is -0.494 e. The normalized spacial score (nSPS) is 13.2. The van der Waals surface area contributed by atoms with Gasteiger partial charge in [-0.15, -0.1) is 0 Å². The van der Waals surface area contributed by atoms with E-state index in [1.165, 1.54) is 6.07 Å². The first-order valence-electron chi connectivity index (χ1n) is 9.69. The maximum absolute atomic E-state index is 13.7. The molecule has 31 heavy (non-hydrogen) atoms. The first kappa shape index (κ1) is 20.6. The Kier molecular flexibility index (Phi) is 5.72. The number of carbonyl (C=O) groups is 1. The van der Waals surface area contributed by atoms with Crippen LogP contribution in [0.3, 0.4) is 0 Å². The number of halogens is 1. The quantitative estimate of drug-likeness (QED) is 0.467. The number of hydrogen-bond acceptors (Lipinski definition) is 6. The van der Waals surface area contributed by atoms with Crippen molar-refractivity contribution in [3.63, 3.8) is 0 Å². The SMILES string of the molecule is COc1c(N)cc(COCc2cc(F)cc(NC(=O)O)n2)cc1-c1ccn(C2CC2)n1. The van der Waals surface area contributed by atoms with Crippen LogP contribution in [0.25, 0.3) is 11.3 Å². The van der Waals surface area contributed by atoms with Gasteiger partial charge in [-0.1, -0.05) is 0 Å². The number of nitrogens with zero attached hydrogens (tertiary/aromatic N) is 3. The molecule has 0 aliphatic heterocycles. The van der Waals surface area contributed by atoms with E-state index in [0.29, 0.717) is 17.5 Å². The first-order valence-corrected chi connectivity index (χ1v) is 9.69. The van der Waals surface area contributed by atoms with E-state index in [2.05, 4.69) is 10.1 Å². The monoisotopic (exact) mass is 427 g/mol. The number of nitrogen functional groups attached to an aromatic ring is 1. The maximum atomic E-state index is 13.7. The highest BCUT2D eigenvalue weighted by atomic mass is 19.1. The van der Waals surface area contributed by atoms with Crippen LogP contribution < -0.4 is 15.8 Å². The minimum atomic E-state index is -1.32. The summed E-state index contributed by atoms with van der Waals surface area (Å²) in [4.78, 5) is 14.8. The summed E-state index contributed by atoms with van der Waals surface area (Å²) in [5.74, 6) is -0.172. The third-order valence-electron chi connectivity index (χ3n) is 4.78. The van der Waals surface area contributed by atoms with E-state index < -0.39 is 11.9 Å². The molecular weight excluding hydrogens is 405 g/mol. The molecule has 2 heterocycles. The number of nitrogens with one attached hydrogen (secondary N) is 1. The minimum absolute atomic E-state index is 0.0103. The van der Waals surface area contributed by atoms with Gasteiger partial charge in [0.2, 0.25) is 0 Å². The molecule has 1 aromatic carbocycles. The van der Waals surface area contributed by atoms with Crippen molar-refractivity contribution in [3.05, 3.63) is 53.6 Å². The van der Waals surface area contributed by atoms with Gasteiger partial charge >= 0.3 is 6.09 Å². The van der Waals surface area contributed by atoms with E-state index in [9.17, 15) is 9.18 Å². The van der Waals surface area contributed by atoms with E-state index in [1.54, 1.807) is 13.2 Å². The lowest BCUT2D eigenvalue weighted by atomic mass is 10.1. The largest absolute Gasteiger partial charge is 0.494 e. The van der Waals surface area contributed by atoms with Gasteiger partial charge in [-0.05, 0) is 42.7 Å². The molecule has 0 radical (unpaired) electrons. The number of nitrogens with two attached hydrogens (primary N) is 1. The van der Waals surface area contributed by atoms with Gasteiger partial charge in [0.05, 0.1) is 43.4 Å². The number of hydrogen-bond donors (Lipinski definition) is 3. The smallest absolute Gasteiger partial charge is 0.410 e. The predicted octanol–water partition coefficient (Wildman–Crippen LogP) is 3.82. The Morgan fingerprint density at radius 1 is 1.32 bits per heavy atom. The summed E-state index contributed by atoms with van der Waals surface area (Å²) in [6, 6.07) is 8.21. The lowest BCUT2D eigenvalue weighted by Crippen LogP contribution is -2.10. The van der Waals surface area contributed by atoms with Crippen LogP contribution in [0, 0.1) is 5.82 Å². The highest BCUT2D eigenvalue weighted by Gasteiger charge is 2.25. The lowest BCUT2D eigenvalue weighted by Gasteiger charge is -2.13. The fourth-order valence-corrected chi connectivity index (χ4v) is 3.31. The molecule has 3 aromatic rings. The van der Waals surface area contributed by atoms with Gasteiger partial charge in [0.15, 0.2) is 5.75 Å². The second-order valence-electron chi connectivity index (χ2n) is 7.26. The highest BCUT2D eigenvalue weighted by molar-refractivity contribution is 5.81. The molecule has 1 amide bonds. The molecule has 10 heteroatoms. The summed E-state index contributed by atoms with van der Waals surface area (Å²) < 4.78 is 26.8. The Morgan fingerprint density at radius 2 is 2.13 bits per heavy atom. The van der Waals surface area contributed by atoms with Gasteiger partial charge in [-0.2, -0.15) is 5.10 Å². The average molecular weight is 427 g/mol. The number of benzene rings is 1. The molecule has 2 aromatic heterocycles. The van der Waals surface area contributed by atoms with Crippen LogP contribution in [0.15, 0.2) is 36.5 Å². The first-order chi connectivity index (χ1) is 14.9. The van der Waals surface area contributed by atoms with Crippen molar-refractivity contribution in [3.8, 4) is 17.0 Å². The molecule has 0 spiro atoms. The van der Waals surface area contributed by atoms with E-state index in [1.807, 2.05) is 28.3 Å². The molecule has 1 aliphatic rings. The average Bonchev–Trinajstić information content (AvgIpc) is 3.43. The molecule has 4 N–H and O–H groups in total. The predicted molar refractivity (Wildman–Crippen MR) is 111 cm³/mol. The summed E-state index contributed by atoms with van der Waals surface area (Å²) in [7, 11) is 1.56. The third kappa shape index (κ3) is 4.92. The number of amides is 1. The summed E-state index contributed by atoms with van der Waals surface area (Å²) in [6.07, 6.45) is 2.89. The molecule has 1 saturated carbocycles. The van der Waals surface area contributed by atoms with E-state index in [0.717, 1.165) is 35.7 Å². The van der Waals surface area contributed by atoms with Crippen molar-refractivity contribution in [2.24, 2.45) is 0 Å². The van der Waals surface area contributed by atoms with E-state index in [-0.39, 0.29) is 24.7 Å². The Labute approximate surface area is 177 Å². The van der Waals surface area contributed by atoms with Crippen LogP contribution in [0.4, 0.5) is 20.7 Å². The number of ether oxygens (including phenoxy) is 2. The van der Waals surface area contributed by atoms with Crippen molar-refractivity contribution in [2.75, 3.05) is 18.2 Å². The summed E-state index contributed by atoms with van der Waals surface area (Å²) in [5.41, 5.74) is 9.20. The highest BCUT2D eigenvalue weighted by Crippen LogP contribution is 2.38. The maximum Gasteiger partial charge on any atom is 0.410 e. The van der Waals surface area contributed by atoms with Gasteiger partial charge in [0.25, 0.3) is 0 Å². The van der Waals surface area contributed by atoms with E-state index >= 15 is 0 Å². The molecule has 162 valence electrons. The Morgan fingerprint density at radius 3 is 2.84 bits per heavy atom. The van der Waals surface area contributed by atoms with Gasteiger partial charge in [0.1, 0.15) is 11.6 Å². The molecule has 0 saturated heterocycles. The van der Waals surface area contributed by atoms with Crippen LogP contribution in [0.1, 0.15) is 30.1 Å². The molecule has 1 fully saturated rings. The van der Waals surface area contributed by atoms with Gasteiger partial charge < -0.3 is 20.3 Å². The van der Waals surface area contributed by atoms with Crippen molar-refractivity contribution >= 4 is 17.6 Å². The van der Waals surface area contributed by atoms with Crippen LogP contribution >= 0.6 is 0 Å². The second-order valence-corrected chi connectivity index (χ2v) is 7.26. The summed E-state index contributed by atoms with van der Waals surface area (Å²) in [6.45, 7) is 0.175. The Balaban J connectivity index is 1.49. The van der Waals surface area contributed by atoms with Crippen LogP contribution in [-0.4, -0.2) is 33.1 Å². The number of pyridine rings is 1. The molecule has 9 nitrogen and oxygen atoms in total. The summed E-state index contributed by atoms with van der Waals surface area (Å²) >= 11 is 0. The van der Waals surface area contributed by atoms with Gasteiger partial charge in [-0.3, -0.25) is 10.00 Å². The van der Waals surface area contributed by atoms with Crippen LogP contribution in [-0.2, 0) is 18.0 Å². The Bertz CT molecular complexity index is 1110. The van der Waals surface area contributed by atoms with Crippen LogP contribution in [0.5, 0.6) is 5.75 Å². The zero-order valence-corrected chi connectivity index (χ0v) is 16.8. The molecule has 0 atom stereocenters.